The standard InChI is InChI=1S/C20H20N2O4/c1-20(2)19(25)18(24)15-13(26-20)9-11(21-3)14-16(15)22(4)12-8-6-5-7-10(12)17(14)23/h5-9,19,21,25H,1-4H3. The Morgan fingerprint density at radius 2 is 1.92 bits per heavy atom. The Morgan fingerprint density at radius 3 is 2.62 bits per heavy atom. The van der Waals surface area contributed by atoms with Gasteiger partial charge < -0.3 is 19.7 Å². The molecule has 0 amide bonds. The number of para-hydroxylation sites is 1. The van der Waals surface area contributed by atoms with Crippen LogP contribution in [0.2, 0.25) is 0 Å². The van der Waals surface area contributed by atoms with E-state index in [9.17, 15) is 14.7 Å². The van der Waals surface area contributed by atoms with Gasteiger partial charge in [0.25, 0.3) is 0 Å². The third-order valence-corrected chi connectivity index (χ3v) is 5.13. The zero-order chi connectivity index (χ0) is 18.8. The highest BCUT2D eigenvalue weighted by molar-refractivity contribution is 6.16. The molecule has 26 heavy (non-hydrogen) atoms. The summed E-state index contributed by atoms with van der Waals surface area (Å²) < 4.78 is 7.75. The molecule has 0 saturated carbocycles. The summed E-state index contributed by atoms with van der Waals surface area (Å²) in [6.07, 6.45) is -1.31. The van der Waals surface area contributed by atoms with E-state index >= 15 is 0 Å². The maximum Gasteiger partial charge on any atom is 0.201 e. The Hall–Kier alpha value is -2.86. The molecule has 0 saturated heterocycles. The highest BCUT2D eigenvalue weighted by Gasteiger charge is 2.44. The Labute approximate surface area is 150 Å². The van der Waals surface area contributed by atoms with Gasteiger partial charge in [-0.15, -0.1) is 0 Å². The zero-order valence-electron chi connectivity index (χ0n) is 15.1. The van der Waals surface area contributed by atoms with E-state index in [-0.39, 0.29) is 11.0 Å². The van der Waals surface area contributed by atoms with Crippen molar-refractivity contribution in [3.8, 4) is 5.75 Å². The molecule has 2 aromatic carbocycles. The molecule has 1 unspecified atom stereocenters. The lowest BCUT2D eigenvalue weighted by atomic mass is 9.88. The fourth-order valence-corrected chi connectivity index (χ4v) is 3.73. The summed E-state index contributed by atoms with van der Waals surface area (Å²) in [5, 5.41) is 14.5. The summed E-state index contributed by atoms with van der Waals surface area (Å²) in [5.41, 5.74) is 0.815. The molecule has 3 aromatic rings. The number of aryl methyl sites for hydroxylation is 1. The number of ether oxygens (including phenoxy) is 1. The molecule has 0 fully saturated rings. The van der Waals surface area contributed by atoms with Crippen LogP contribution in [0.1, 0.15) is 24.2 Å². The second kappa shape index (κ2) is 5.32. The summed E-state index contributed by atoms with van der Waals surface area (Å²) in [6, 6.07) is 8.93. The molecule has 0 spiro atoms. The minimum atomic E-state index is -1.31. The summed E-state index contributed by atoms with van der Waals surface area (Å²) >= 11 is 0. The van der Waals surface area contributed by atoms with Gasteiger partial charge >= 0.3 is 0 Å². The van der Waals surface area contributed by atoms with Gasteiger partial charge in [-0.2, -0.15) is 0 Å². The summed E-state index contributed by atoms with van der Waals surface area (Å²) in [4.78, 5) is 26.1. The van der Waals surface area contributed by atoms with Crippen LogP contribution in [-0.4, -0.2) is 34.2 Å². The Bertz CT molecular complexity index is 1140. The van der Waals surface area contributed by atoms with Crippen molar-refractivity contribution in [3.05, 3.63) is 46.1 Å². The summed E-state index contributed by atoms with van der Waals surface area (Å²) in [7, 11) is 3.53. The largest absolute Gasteiger partial charge is 0.484 e. The average molecular weight is 352 g/mol. The number of nitrogens with one attached hydrogen (secondary N) is 1. The number of hydrogen-bond acceptors (Lipinski definition) is 5. The number of nitrogens with zero attached hydrogens (tertiary/aromatic N) is 1. The molecule has 1 atom stereocenters. The van der Waals surface area contributed by atoms with Crippen LogP contribution in [0.25, 0.3) is 21.8 Å². The number of Topliss-reactive ketones (excluding diaryl/α,β-unsaturated/α-hetero) is 1. The van der Waals surface area contributed by atoms with Crippen LogP contribution >= 0.6 is 0 Å². The highest BCUT2D eigenvalue weighted by Crippen LogP contribution is 2.40. The fraction of sp³-hybridized carbons (Fsp3) is 0.300. The van der Waals surface area contributed by atoms with Gasteiger partial charge in [-0.3, -0.25) is 9.59 Å². The van der Waals surface area contributed by atoms with Crippen LogP contribution in [0.4, 0.5) is 5.69 Å². The molecular weight excluding hydrogens is 332 g/mol. The monoisotopic (exact) mass is 352 g/mol. The van der Waals surface area contributed by atoms with Gasteiger partial charge in [0.1, 0.15) is 11.4 Å². The number of carbonyl (C=O) groups is 1. The third kappa shape index (κ3) is 2.02. The predicted molar refractivity (Wildman–Crippen MR) is 101 cm³/mol. The molecule has 4 rings (SSSR count). The molecule has 2 N–H and O–H groups in total. The second-order valence-electron chi connectivity index (χ2n) is 7.15. The number of fused-ring (bicyclic) bond motifs is 4. The molecule has 0 radical (unpaired) electrons. The second-order valence-corrected chi connectivity index (χ2v) is 7.15. The molecule has 1 aromatic heterocycles. The zero-order valence-corrected chi connectivity index (χ0v) is 15.1. The number of hydrogen-bond donors (Lipinski definition) is 2. The maximum absolute atomic E-state index is 13.2. The fourth-order valence-electron chi connectivity index (χ4n) is 3.73. The van der Waals surface area contributed by atoms with Gasteiger partial charge in [0.15, 0.2) is 11.5 Å². The maximum atomic E-state index is 13.2. The van der Waals surface area contributed by atoms with Crippen LogP contribution in [0, 0.1) is 0 Å². The molecule has 134 valence electrons. The van der Waals surface area contributed by atoms with E-state index in [0.29, 0.717) is 33.2 Å². The molecule has 6 heteroatoms. The molecule has 6 nitrogen and oxygen atoms in total. The average Bonchev–Trinajstić information content (AvgIpc) is 2.62. The first-order valence-corrected chi connectivity index (χ1v) is 8.45. The SMILES string of the molecule is CNc1cc2c(c3c1c(=O)c1ccccc1n3C)C(=O)C(O)C(C)(C)O2. The molecular formula is C20H20N2O4. The van der Waals surface area contributed by atoms with Gasteiger partial charge in [-0.05, 0) is 26.0 Å². The van der Waals surface area contributed by atoms with Crippen molar-refractivity contribution in [3.63, 3.8) is 0 Å². The number of rotatable bonds is 1. The van der Waals surface area contributed by atoms with Crippen LogP contribution in [0.15, 0.2) is 35.1 Å². The third-order valence-electron chi connectivity index (χ3n) is 5.13. The van der Waals surface area contributed by atoms with Crippen LogP contribution < -0.4 is 15.5 Å². The normalized spacial score (nSPS) is 18.7. The van der Waals surface area contributed by atoms with Crippen molar-refractivity contribution in [2.24, 2.45) is 7.05 Å². The lowest BCUT2D eigenvalue weighted by molar-refractivity contribution is -0.0246. The van der Waals surface area contributed by atoms with Crippen molar-refractivity contribution in [1.29, 1.82) is 0 Å². The summed E-state index contributed by atoms with van der Waals surface area (Å²) in [6.45, 7) is 3.34. The van der Waals surface area contributed by atoms with Crippen molar-refractivity contribution in [2.45, 2.75) is 25.6 Å². The van der Waals surface area contributed by atoms with E-state index in [4.69, 9.17) is 4.74 Å². The van der Waals surface area contributed by atoms with E-state index in [1.54, 1.807) is 33.0 Å². The van der Waals surface area contributed by atoms with E-state index in [0.717, 1.165) is 0 Å². The number of pyridine rings is 1. The van der Waals surface area contributed by atoms with Gasteiger partial charge in [-0.1, -0.05) is 12.1 Å². The number of ketones is 1. The van der Waals surface area contributed by atoms with E-state index in [1.807, 2.05) is 29.8 Å². The van der Waals surface area contributed by atoms with E-state index in [2.05, 4.69) is 5.32 Å². The van der Waals surface area contributed by atoms with Gasteiger partial charge in [-0.25, -0.2) is 0 Å². The first-order valence-electron chi connectivity index (χ1n) is 8.45. The van der Waals surface area contributed by atoms with Gasteiger partial charge in [0, 0.05) is 25.5 Å². The smallest absolute Gasteiger partial charge is 0.201 e. The number of aromatic nitrogens is 1. The molecule has 0 aliphatic carbocycles. The highest BCUT2D eigenvalue weighted by atomic mass is 16.5. The topological polar surface area (TPSA) is 80.6 Å². The van der Waals surface area contributed by atoms with Gasteiger partial charge in [0.05, 0.1) is 27.7 Å². The Morgan fingerprint density at radius 1 is 1.23 bits per heavy atom. The number of aliphatic hydroxyl groups is 1. The molecule has 1 aliphatic heterocycles. The summed E-state index contributed by atoms with van der Waals surface area (Å²) in [5.74, 6) is -0.0679. The van der Waals surface area contributed by atoms with Crippen LogP contribution in [-0.2, 0) is 7.05 Å². The minimum absolute atomic E-state index is 0.159. The molecule has 2 heterocycles. The Balaban J connectivity index is 2.27. The number of carbonyl (C=O) groups excluding carboxylic acids is 1. The minimum Gasteiger partial charge on any atom is -0.484 e. The van der Waals surface area contributed by atoms with Crippen molar-refractivity contribution >= 4 is 33.3 Å². The quantitative estimate of drug-likeness (QED) is 0.658. The predicted octanol–water partition coefficient (Wildman–Crippen LogP) is 2.45. The molecule has 0 bridgehead atoms. The Kier molecular flexibility index (Phi) is 3.39. The van der Waals surface area contributed by atoms with Gasteiger partial charge in [0.2, 0.25) is 5.78 Å². The number of benzene rings is 2. The van der Waals surface area contributed by atoms with Crippen LogP contribution in [0.3, 0.4) is 0 Å². The number of aliphatic hydroxyl groups excluding tert-OH is 1. The lowest BCUT2D eigenvalue weighted by Gasteiger charge is -2.36. The van der Waals surface area contributed by atoms with E-state index < -0.39 is 17.5 Å². The van der Waals surface area contributed by atoms with Crippen LogP contribution in [0.5, 0.6) is 5.75 Å². The first kappa shape index (κ1) is 16.6. The van der Waals surface area contributed by atoms with Crippen molar-refractivity contribution in [1.82, 2.24) is 4.57 Å². The lowest BCUT2D eigenvalue weighted by Crippen LogP contribution is -2.50. The first-order chi connectivity index (χ1) is 12.3. The van der Waals surface area contributed by atoms with Crippen molar-refractivity contribution < 1.29 is 14.6 Å². The molecule has 1 aliphatic rings. The van der Waals surface area contributed by atoms with E-state index in [1.165, 1.54) is 0 Å². The number of anilines is 1. The van der Waals surface area contributed by atoms with Crippen molar-refractivity contribution in [2.75, 3.05) is 12.4 Å².